The van der Waals surface area contributed by atoms with Crippen LogP contribution in [0.15, 0.2) is 47.4 Å². The van der Waals surface area contributed by atoms with Crippen LogP contribution in [0, 0.1) is 13.8 Å². The molecule has 2 N–H and O–H groups in total. The Labute approximate surface area is 141 Å². The van der Waals surface area contributed by atoms with E-state index in [0.717, 1.165) is 5.56 Å². The number of hydrogen-bond donors (Lipinski definition) is 2. The van der Waals surface area contributed by atoms with Gasteiger partial charge in [0.05, 0.1) is 10.8 Å². The van der Waals surface area contributed by atoms with Crippen LogP contribution in [-0.2, 0) is 14.8 Å². The van der Waals surface area contributed by atoms with Gasteiger partial charge < -0.3 is 5.11 Å². The van der Waals surface area contributed by atoms with E-state index in [1.807, 2.05) is 6.07 Å². The molecule has 6 heteroatoms. The topological polar surface area (TPSA) is 83.5 Å². The molecule has 0 bridgehead atoms. The molecule has 0 saturated heterocycles. The Bertz CT molecular complexity index is 885. The maximum absolute atomic E-state index is 12.9. The predicted octanol–water partition coefficient (Wildman–Crippen LogP) is 2.89. The molecular weight excluding hydrogens is 326 g/mol. The van der Waals surface area contributed by atoms with Crippen LogP contribution >= 0.6 is 0 Å². The first-order valence-corrected chi connectivity index (χ1v) is 9.20. The van der Waals surface area contributed by atoms with Crippen molar-refractivity contribution in [2.75, 3.05) is 0 Å². The number of carboxylic acid groups (broad SMARTS) is 1. The average Bonchev–Trinajstić information content (AvgIpc) is 2.85. The Balaban J connectivity index is 1.99. The standard InChI is InChI=1S/C18H19NO4S/c1-11-6-5-7-12(2)17(11)24(22,23)19-16-10-15(18(20)21)13-8-3-4-9-14(13)16/h3-9,15-16,19H,10H2,1-2H3,(H,20,21)/t15-,16+/m0/s1. The van der Waals surface area contributed by atoms with E-state index in [0.29, 0.717) is 16.7 Å². The highest BCUT2D eigenvalue weighted by molar-refractivity contribution is 7.89. The first-order chi connectivity index (χ1) is 11.3. The molecule has 2 aromatic carbocycles. The lowest BCUT2D eigenvalue weighted by atomic mass is 10.0. The van der Waals surface area contributed by atoms with E-state index in [-0.39, 0.29) is 11.3 Å². The van der Waals surface area contributed by atoms with E-state index in [1.165, 1.54) is 0 Å². The SMILES string of the molecule is Cc1cccc(C)c1S(=O)(=O)N[C@@H]1C[C@H](C(=O)O)c2ccccc21. The number of hydrogen-bond acceptors (Lipinski definition) is 3. The van der Waals surface area contributed by atoms with Gasteiger partial charge in [-0.05, 0) is 42.5 Å². The summed E-state index contributed by atoms with van der Waals surface area (Å²) >= 11 is 0. The number of nitrogens with one attached hydrogen (secondary N) is 1. The molecule has 2 atom stereocenters. The maximum atomic E-state index is 12.9. The van der Waals surface area contributed by atoms with Crippen LogP contribution in [0.2, 0.25) is 0 Å². The Morgan fingerprint density at radius 2 is 1.62 bits per heavy atom. The van der Waals surface area contributed by atoms with Crippen LogP contribution in [0.25, 0.3) is 0 Å². The van der Waals surface area contributed by atoms with Gasteiger partial charge in [-0.1, -0.05) is 42.5 Å². The lowest BCUT2D eigenvalue weighted by Gasteiger charge is -2.17. The third-order valence-electron chi connectivity index (χ3n) is 4.49. The number of rotatable bonds is 4. The van der Waals surface area contributed by atoms with E-state index < -0.39 is 28.0 Å². The minimum atomic E-state index is -3.74. The highest BCUT2D eigenvalue weighted by Gasteiger charge is 2.37. The fraction of sp³-hybridized carbons (Fsp3) is 0.278. The van der Waals surface area contributed by atoms with E-state index >= 15 is 0 Å². The average molecular weight is 345 g/mol. The molecule has 24 heavy (non-hydrogen) atoms. The molecule has 0 aliphatic heterocycles. The van der Waals surface area contributed by atoms with Crippen molar-refractivity contribution < 1.29 is 18.3 Å². The number of aliphatic carboxylic acids is 1. The summed E-state index contributed by atoms with van der Waals surface area (Å²) in [5.41, 5.74) is 2.76. The van der Waals surface area contributed by atoms with Gasteiger partial charge in [0.2, 0.25) is 10.0 Å². The van der Waals surface area contributed by atoms with E-state index in [1.54, 1.807) is 50.2 Å². The largest absolute Gasteiger partial charge is 0.481 e. The normalized spacial score (nSPS) is 19.9. The van der Waals surface area contributed by atoms with Crippen LogP contribution in [0.1, 0.15) is 40.6 Å². The Hall–Kier alpha value is -2.18. The van der Waals surface area contributed by atoms with Crippen LogP contribution in [-0.4, -0.2) is 19.5 Å². The molecule has 0 aromatic heterocycles. The fourth-order valence-corrected chi connectivity index (χ4v) is 5.15. The van der Waals surface area contributed by atoms with Gasteiger partial charge >= 0.3 is 5.97 Å². The Morgan fingerprint density at radius 3 is 2.21 bits per heavy atom. The van der Waals surface area contributed by atoms with E-state index in [2.05, 4.69) is 4.72 Å². The summed E-state index contributed by atoms with van der Waals surface area (Å²) in [5, 5.41) is 9.40. The summed E-state index contributed by atoms with van der Waals surface area (Å²) in [6.45, 7) is 3.51. The smallest absolute Gasteiger partial charge is 0.311 e. The zero-order chi connectivity index (χ0) is 17.5. The lowest BCUT2D eigenvalue weighted by molar-refractivity contribution is -0.138. The fourth-order valence-electron chi connectivity index (χ4n) is 3.45. The second-order valence-electron chi connectivity index (χ2n) is 6.15. The van der Waals surface area contributed by atoms with Crippen molar-refractivity contribution in [3.8, 4) is 0 Å². The summed E-state index contributed by atoms with van der Waals surface area (Å²) in [4.78, 5) is 11.7. The highest BCUT2D eigenvalue weighted by atomic mass is 32.2. The van der Waals surface area contributed by atoms with Crippen LogP contribution in [0.3, 0.4) is 0 Å². The van der Waals surface area contributed by atoms with Crippen molar-refractivity contribution in [3.05, 3.63) is 64.7 Å². The molecule has 0 heterocycles. The van der Waals surface area contributed by atoms with Gasteiger partial charge in [-0.15, -0.1) is 0 Å². The summed E-state index contributed by atoms with van der Waals surface area (Å²) in [5.74, 6) is -1.62. The molecule has 0 amide bonds. The van der Waals surface area contributed by atoms with Crippen molar-refractivity contribution in [1.82, 2.24) is 4.72 Å². The summed E-state index contributed by atoms with van der Waals surface area (Å²) in [7, 11) is -3.74. The minimum Gasteiger partial charge on any atom is -0.481 e. The molecule has 0 spiro atoms. The van der Waals surface area contributed by atoms with Gasteiger partial charge in [0.15, 0.2) is 0 Å². The summed E-state index contributed by atoms with van der Waals surface area (Å²) in [6, 6.07) is 11.9. The Morgan fingerprint density at radius 1 is 1.04 bits per heavy atom. The molecule has 3 rings (SSSR count). The third-order valence-corrected chi connectivity index (χ3v) is 6.27. The molecular formula is C18H19NO4S. The van der Waals surface area contributed by atoms with Gasteiger partial charge in [0.25, 0.3) is 0 Å². The zero-order valence-corrected chi connectivity index (χ0v) is 14.3. The van der Waals surface area contributed by atoms with Gasteiger partial charge in [0.1, 0.15) is 0 Å². The molecule has 0 fully saturated rings. The summed E-state index contributed by atoms with van der Waals surface area (Å²) in [6.07, 6.45) is 0.221. The predicted molar refractivity (Wildman–Crippen MR) is 90.4 cm³/mol. The highest BCUT2D eigenvalue weighted by Crippen LogP contribution is 2.41. The third kappa shape index (κ3) is 2.83. The molecule has 0 radical (unpaired) electrons. The number of fused-ring (bicyclic) bond motifs is 1. The van der Waals surface area contributed by atoms with Crippen molar-refractivity contribution in [2.45, 2.75) is 37.1 Å². The van der Waals surface area contributed by atoms with E-state index in [4.69, 9.17) is 0 Å². The van der Waals surface area contributed by atoms with Gasteiger partial charge in [-0.3, -0.25) is 4.79 Å². The van der Waals surface area contributed by atoms with Gasteiger partial charge in [0, 0.05) is 6.04 Å². The molecule has 0 unspecified atom stereocenters. The number of sulfonamides is 1. The van der Waals surface area contributed by atoms with Crippen LogP contribution < -0.4 is 4.72 Å². The molecule has 1 aliphatic rings. The maximum Gasteiger partial charge on any atom is 0.311 e. The monoisotopic (exact) mass is 345 g/mol. The minimum absolute atomic E-state index is 0.221. The van der Waals surface area contributed by atoms with Crippen LogP contribution in [0.5, 0.6) is 0 Å². The van der Waals surface area contributed by atoms with E-state index in [9.17, 15) is 18.3 Å². The van der Waals surface area contributed by atoms with Gasteiger partial charge in [-0.25, -0.2) is 13.1 Å². The van der Waals surface area contributed by atoms with Crippen molar-refractivity contribution in [2.24, 2.45) is 0 Å². The van der Waals surface area contributed by atoms with Crippen molar-refractivity contribution in [3.63, 3.8) is 0 Å². The molecule has 0 saturated carbocycles. The lowest BCUT2D eigenvalue weighted by Crippen LogP contribution is -2.29. The zero-order valence-electron chi connectivity index (χ0n) is 13.5. The number of benzene rings is 2. The van der Waals surface area contributed by atoms with Gasteiger partial charge in [-0.2, -0.15) is 0 Å². The molecule has 126 valence electrons. The molecule has 2 aromatic rings. The number of carbonyl (C=O) groups is 1. The summed E-state index contributed by atoms with van der Waals surface area (Å²) < 4.78 is 28.4. The first-order valence-electron chi connectivity index (χ1n) is 7.71. The number of aryl methyl sites for hydroxylation is 2. The molecule has 1 aliphatic carbocycles. The van der Waals surface area contributed by atoms with Crippen LogP contribution in [0.4, 0.5) is 0 Å². The quantitative estimate of drug-likeness (QED) is 0.892. The van der Waals surface area contributed by atoms with Crippen molar-refractivity contribution in [1.29, 1.82) is 0 Å². The Kier molecular flexibility index (Phi) is 4.19. The second kappa shape index (κ2) is 6.03. The first kappa shape index (κ1) is 16.7. The van der Waals surface area contributed by atoms with Crippen molar-refractivity contribution >= 4 is 16.0 Å². The number of carboxylic acids is 1. The molecule has 5 nitrogen and oxygen atoms in total. The second-order valence-corrected chi connectivity index (χ2v) is 7.80.